The number of anilines is 1. The van der Waals surface area contributed by atoms with Crippen LogP contribution in [0.2, 0.25) is 0 Å². The highest BCUT2D eigenvalue weighted by atomic mass is 19.1. The molecule has 0 saturated carbocycles. The van der Waals surface area contributed by atoms with Gasteiger partial charge in [0.2, 0.25) is 5.91 Å². The quantitative estimate of drug-likeness (QED) is 0.565. The first kappa shape index (κ1) is 27.9. The fourth-order valence-electron chi connectivity index (χ4n) is 4.61. The third-order valence-corrected chi connectivity index (χ3v) is 6.54. The molecule has 9 nitrogen and oxygen atoms in total. The van der Waals surface area contributed by atoms with Crippen LogP contribution in [0.15, 0.2) is 48.5 Å². The van der Waals surface area contributed by atoms with E-state index in [1.165, 1.54) is 12.1 Å². The van der Waals surface area contributed by atoms with E-state index in [4.69, 9.17) is 24.5 Å². The number of rotatable bonds is 6. The van der Waals surface area contributed by atoms with Gasteiger partial charge in [0.25, 0.3) is 0 Å². The molecule has 2 aliphatic rings. The average molecular weight is 516 g/mol. The van der Waals surface area contributed by atoms with Crippen LogP contribution in [0, 0.1) is 11.7 Å². The molecular weight excluding hydrogens is 481 g/mol. The van der Waals surface area contributed by atoms with E-state index in [9.17, 15) is 9.18 Å². The van der Waals surface area contributed by atoms with E-state index < -0.39 is 11.9 Å². The summed E-state index contributed by atoms with van der Waals surface area (Å²) in [5.74, 6) is -2.51. The summed E-state index contributed by atoms with van der Waals surface area (Å²) in [6.07, 6.45) is 1.79. The van der Waals surface area contributed by atoms with Crippen molar-refractivity contribution in [3.8, 4) is 5.75 Å². The minimum Gasteiger partial charge on any atom is -0.492 e. The van der Waals surface area contributed by atoms with Crippen LogP contribution in [-0.4, -0.2) is 83.7 Å². The zero-order valence-corrected chi connectivity index (χ0v) is 21.0. The van der Waals surface area contributed by atoms with E-state index in [0.29, 0.717) is 12.5 Å². The third-order valence-electron chi connectivity index (χ3n) is 6.54. The first-order chi connectivity index (χ1) is 17.8. The Balaban J connectivity index is 0.000000568. The summed E-state index contributed by atoms with van der Waals surface area (Å²) < 4.78 is 18.9. The van der Waals surface area contributed by atoms with E-state index in [-0.39, 0.29) is 11.7 Å². The van der Waals surface area contributed by atoms with Crippen LogP contribution < -0.4 is 9.64 Å². The van der Waals surface area contributed by atoms with Crippen molar-refractivity contribution in [2.75, 3.05) is 50.8 Å². The highest BCUT2D eigenvalue weighted by molar-refractivity contribution is 6.27. The van der Waals surface area contributed by atoms with Crippen LogP contribution in [0.3, 0.4) is 0 Å². The zero-order valence-electron chi connectivity index (χ0n) is 21.0. The highest BCUT2D eigenvalue weighted by Crippen LogP contribution is 2.29. The molecule has 2 saturated heterocycles. The van der Waals surface area contributed by atoms with Gasteiger partial charge in [-0.15, -0.1) is 0 Å². The molecule has 0 atom stereocenters. The highest BCUT2D eigenvalue weighted by Gasteiger charge is 2.30. The summed E-state index contributed by atoms with van der Waals surface area (Å²) in [5, 5.41) is 14.8. The standard InChI is InChI=1S/C25H32FN3O2.C2H2O4/c1-2-31-24-6-4-3-5-23(24)28-15-17-29(18-16-28)25(30)21-11-13-27(14-12-21)19-20-7-9-22(26)10-8-20;3-1(4)2(5)6/h3-10,21H,2,11-19H2,1H3;(H,3,4)(H,5,6). The van der Waals surface area contributed by atoms with Crippen LogP contribution >= 0.6 is 0 Å². The molecule has 0 unspecified atom stereocenters. The number of amides is 1. The van der Waals surface area contributed by atoms with Gasteiger partial charge in [0.15, 0.2) is 0 Å². The van der Waals surface area contributed by atoms with Gasteiger partial charge in [0.05, 0.1) is 12.3 Å². The predicted molar refractivity (Wildman–Crippen MR) is 136 cm³/mol. The number of nitrogens with zero attached hydrogens (tertiary/aromatic N) is 3. The number of halogens is 1. The largest absolute Gasteiger partial charge is 0.492 e. The zero-order chi connectivity index (χ0) is 26.8. The van der Waals surface area contributed by atoms with Gasteiger partial charge in [0, 0.05) is 38.6 Å². The Labute approximate surface area is 216 Å². The smallest absolute Gasteiger partial charge is 0.414 e. The SMILES string of the molecule is CCOc1ccccc1N1CCN(C(=O)C2CCN(Cc3ccc(F)cc3)CC2)CC1.O=C(O)C(=O)O. The lowest BCUT2D eigenvalue weighted by atomic mass is 9.94. The molecule has 1 amide bonds. The minimum atomic E-state index is -1.82. The normalized spacial score (nSPS) is 16.5. The number of carbonyl (C=O) groups is 3. The maximum atomic E-state index is 13.1. The first-order valence-corrected chi connectivity index (χ1v) is 12.5. The number of carbonyl (C=O) groups excluding carboxylic acids is 1. The fourth-order valence-corrected chi connectivity index (χ4v) is 4.61. The number of piperidine rings is 1. The molecule has 37 heavy (non-hydrogen) atoms. The lowest BCUT2D eigenvalue weighted by Crippen LogP contribution is -2.51. The number of carboxylic acid groups (broad SMARTS) is 2. The summed E-state index contributed by atoms with van der Waals surface area (Å²) >= 11 is 0. The molecular formula is C27H34FN3O6. The Morgan fingerprint density at radius 1 is 0.892 bits per heavy atom. The minimum absolute atomic E-state index is 0.117. The number of piperazine rings is 1. The molecule has 0 radical (unpaired) electrons. The van der Waals surface area contributed by atoms with Crippen LogP contribution in [0.1, 0.15) is 25.3 Å². The summed E-state index contributed by atoms with van der Waals surface area (Å²) in [6.45, 7) is 8.47. The van der Waals surface area contributed by atoms with Gasteiger partial charge in [-0.3, -0.25) is 9.69 Å². The Morgan fingerprint density at radius 3 is 2.05 bits per heavy atom. The molecule has 10 heteroatoms. The number of ether oxygens (including phenoxy) is 1. The summed E-state index contributed by atoms with van der Waals surface area (Å²) in [7, 11) is 0. The third kappa shape index (κ3) is 8.18. The molecule has 2 aromatic rings. The molecule has 0 aromatic heterocycles. The Bertz CT molecular complexity index is 1040. The Morgan fingerprint density at radius 2 is 1.49 bits per heavy atom. The van der Waals surface area contributed by atoms with E-state index in [0.717, 1.165) is 75.7 Å². The average Bonchev–Trinajstić information content (AvgIpc) is 2.91. The van der Waals surface area contributed by atoms with E-state index in [2.05, 4.69) is 15.9 Å². The van der Waals surface area contributed by atoms with Crippen molar-refractivity contribution in [1.82, 2.24) is 9.80 Å². The predicted octanol–water partition coefficient (Wildman–Crippen LogP) is 2.94. The Kier molecular flexibility index (Phi) is 10.3. The number of aliphatic carboxylic acids is 2. The molecule has 2 heterocycles. The van der Waals surface area contributed by atoms with Crippen LogP contribution in [-0.2, 0) is 20.9 Å². The number of likely N-dealkylation sites (tertiary alicyclic amines) is 1. The number of para-hydroxylation sites is 2. The second-order valence-electron chi connectivity index (χ2n) is 9.00. The van der Waals surface area contributed by atoms with Crippen molar-refractivity contribution in [3.63, 3.8) is 0 Å². The topological polar surface area (TPSA) is 111 Å². The van der Waals surface area contributed by atoms with Crippen molar-refractivity contribution >= 4 is 23.5 Å². The van der Waals surface area contributed by atoms with Gasteiger partial charge >= 0.3 is 11.9 Å². The molecule has 0 aliphatic carbocycles. The molecule has 2 aliphatic heterocycles. The van der Waals surface area contributed by atoms with Gasteiger partial charge in [0.1, 0.15) is 11.6 Å². The lowest BCUT2D eigenvalue weighted by Gasteiger charge is -2.39. The number of hydrogen-bond donors (Lipinski definition) is 2. The molecule has 0 spiro atoms. The first-order valence-electron chi connectivity index (χ1n) is 12.5. The molecule has 4 rings (SSSR count). The van der Waals surface area contributed by atoms with Crippen LogP contribution in [0.25, 0.3) is 0 Å². The summed E-state index contributed by atoms with van der Waals surface area (Å²) in [5.41, 5.74) is 2.24. The molecule has 0 bridgehead atoms. The van der Waals surface area contributed by atoms with E-state index in [1.807, 2.05) is 42.2 Å². The fraction of sp³-hybridized carbons (Fsp3) is 0.444. The molecule has 2 fully saturated rings. The summed E-state index contributed by atoms with van der Waals surface area (Å²) in [4.78, 5) is 38.0. The van der Waals surface area contributed by atoms with Gasteiger partial charge < -0.3 is 24.7 Å². The van der Waals surface area contributed by atoms with Gasteiger partial charge in [-0.25, -0.2) is 14.0 Å². The van der Waals surface area contributed by atoms with Crippen LogP contribution in [0.5, 0.6) is 5.75 Å². The van der Waals surface area contributed by atoms with E-state index in [1.54, 1.807) is 0 Å². The van der Waals surface area contributed by atoms with Crippen molar-refractivity contribution in [2.24, 2.45) is 5.92 Å². The van der Waals surface area contributed by atoms with Crippen molar-refractivity contribution in [1.29, 1.82) is 0 Å². The number of benzene rings is 2. The second kappa shape index (κ2) is 13.6. The second-order valence-corrected chi connectivity index (χ2v) is 9.00. The maximum Gasteiger partial charge on any atom is 0.414 e. The number of hydrogen-bond acceptors (Lipinski definition) is 6. The van der Waals surface area contributed by atoms with Gasteiger partial charge in [-0.2, -0.15) is 0 Å². The van der Waals surface area contributed by atoms with Crippen molar-refractivity contribution < 1.29 is 33.7 Å². The van der Waals surface area contributed by atoms with Gasteiger partial charge in [-0.05, 0) is 62.7 Å². The summed E-state index contributed by atoms with van der Waals surface area (Å²) in [6, 6.07) is 14.8. The molecule has 2 aromatic carbocycles. The maximum absolute atomic E-state index is 13.1. The van der Waals surface area contributed by atoms with E-state index >= 15 is 0 Å². The molecule has 200 valence electrons. The van der Waals surface area contributed by atoms with Crippen molar-refractivity contribution in [2.45, 2.75) is 26.3 Å². The van der Waals surface area contributed by atoms with Crippen LogP contribution in [0.4, 0.5) is 10.1 Å². The Hall–Kier alpha value is -3.66. The van der Waals surface area contributed by atoms with Crippen molar-refractivity contribution in [3.05, 3.63) is 59.9 Å². The number of carboxylic acids is 2. The lowest BCUT2D eigenvalue weighted by molar-refractivity contribution is -0.159. The molecule has 2 N–H and O–H groups in total. The van der Waals surface area contributed by atoms with Gasteiger partial charge in [-0.1, -0.05) is 24.3 Å². The monoisotopic (exact) mass is 515 g/mol.